The number of aliphatic carboxylic acids is 1. The third-order valence-electron chi connectivity index (χ3n) is 4.94. The first-order valence-electron chi connectivity index (χ1n) is 6.65. The molecule has 0 saturated heterocycles. The molecule has 1 fully saturated rings. The summed E-state index contributed by atoms with van der Waals surface area (Å²) in [6.07, 6.45) is 4.15. The van der Waals surface area contributed by atoms with E-state index in [0.717, 1.165) is 37.7 Å². The van der Waals surface area contributed by atoms with Crippen LogP contribution in [-0.2, 0) is 4.79 Å². The highest BCUT2D eigenvalue weighted by Gasteiger charge is 2.41. The average Bonchev–Trinajstić information content (AvgIpc) is 2.33. The number of allylic oxidation sites excluding steroid dienone is 1. The summed E-state index contributed by atoms with van der Waals surface area (Å²) in [7, 11) is 0. The van der Waals surface area contributed by atoms with Crippen LogP contribution in [0.3, 0.4) is 0 Å². The van der Waals surface area contributed by atoms with Gasteiger partial charge in [0.05, 0.1) is 6.10 Å². The van der Waals surface area contributed by atoms with Crippen LogP contribution < -0.4 is 0 Å². The number of hydrogen-bond donors (Lipinski definition) is 2. The fourth-order valence-corrected chi connectivity index (χ4v) is 3.50. The Hall–Kier alpha value is -1.09. The van der Waals surface area contributed by atoms with Crippen LogP contribution in [0.15, 0.2) is 23.3 Å². The van der Waals surface area contributed by atoms with Gasteiger partial charge >= 0.3 is 5.97 Å². The van der Waals surface area contributed by atoms with Gasteiger partial charge in [-0.15, -0.1) is 0 Å². The van der Waals surface area contributed by atoms with Gasteiger partial charge in [-0.25, -0.2) is 4.79 Å². The molecule has 2 rings (SSSR count). The van der Waals surface area contributed by atoms with E-state index in [1.165, 1.54) is 5.57 Å². The molecule has 1 saturated carbocycles. The van der Waals surface area contributed by atoms with Gasteiger partial charge in [-0.05, 0) is 55.9 Å². The first-order chi connectivity index (χ1) is 8.35. The second kappa shape index (κ2) is 4.54. The largest absolute Gasteiger partial charge is 0.478 e. The molecule has 2 N–H and O–H groups in total. The van der Waals surface area contributed by atoms with Gasteiger partial charge < -0.3 is 10.2 Å². The van der Waals surface area contributed by atoms with E-state index in [-0.39, 0.29) is 17.4 Å². The molecule has 100 valence electrons. The second-order valence-corrected chi connectivity index (χ2v) is 6.05. The zero-order valence-corrected chi connectivity index (χ0v) is 11.2. The molecule has 0 bridgehead atoms. The van der Waals surface area contributed by atoms with Gasteiger partial charge in [0.15, 0.2) is 0 Å². The van der Waals surface area contributed by atoms with Gasteiger partial charge in [-0.1, -0.05) is 19.1 Å². The summed E-state index contributed by atoms with van der Waals surface area (Å²) in [4.78, 5) is 11.0. The van der Waals surface area contributed by atoms with E-state index >= 15 is 0 Å². The number of rotatable bonds is 2. The summed E-state index contributed by atoms with van der Waals surface area (Å²) in [5, 5.41) is 19.0. The van der Waals surface area contributed by atoms with Gasteiger partial charge in [0, 0.05) is 5.57 Å². The number of carbonyl (C=O) groups is 1. The van der Waals surface area contributed by atoms with Crippen LogP contribution in [0.2, 0.25) is 0 Å². The van der Waals surface area contributed by atoms with Crippen LogP contribution in [0.25, 0.3) is 0 Å². The topological polar surface area (TPSA) is 57.5 Å². The van der Waals surface area contributed by atoms with Gasteiger partial charge in [0.1, 0.15) is 0 Å². The molecule has 2 aliphatic carbocycles. The summed E-state index contributed by atoms with van der Waals surface area (Å²) < 4.78 is 0. The molecule has 0 amide bonds. The maximum atomic E-state index is 11.0. The van der Waals surface area contributed by atoms with Crippen molar-refractivity contribution in [1.82, 2.24) is 0 Å². The average molecular weight is 250 g/mol. The third-order valence-corrected chi connectivity index (χ3v) is 4.94. The molecule has 3 heteroatoms. The van der Waals surface area contributed by atoms with Gasteiger partial charge in [0.25, 0.3) is 0 Å². The molecular weight excluding hydrogens is 228 g/mol. The Labute approximate surface area is 108 Å². The predicted octanol–water partition coefficient (Wildman–Crippen LogP) is 2.90. The van der Waals surface area contributed by atoms with Crippen LogP contribution in [0.1, 0.15) is 46.0 Å². The van der Waals surface area contributed by atoms with Gasteiger partial charge in [0.2, 0.25) is 0 Å². The quantitative estimate of drug-likeness (QED) is 0.585. The number of carboxylic acids is 1. The standard InChI is InChI=1S/C15H22O3/c1-9(14(17)18)11-4-6-15(3)7-5-13(16)10(2)12(15)8-11/h11,13,16H,1,4-8H2,2-3H3,(H,17,18)/t11-,13+,15+/m1/s1. The van der Waals surface area contributed by atoms with E-state index in [2.05, 4.69) is 13.5 Å². The third kappa shape index (κ3) is 2.12. The zero-order chi connectivity index (χ0) is 13.5. The number of aliphatic hydroxyl groups excluding tert-OH is 1. The summed E-state index contributed by atoms with van der Waals surface area (Å²) in [5.41, 5.74) is 2.82. The van der Waals surface area contributed by atoms with Crippen molar-refractivity contribution in [1.29, 1.82) is 0 Å². The lowest BCUT2D eigenvalue weighted by molar-refractivity contribution is -0.133. The lowest BCUT2D eigenvalue weighted by Crippen LogP contribution is -2.35. The fraction of sp³-hybridized carbons (Fsp3) is 0.667. The van der Waals surface area contributed by atoms with E-state index in [0.29, 0.717) is 5.57 Å². The SMILES string of the molecule is C=C(C(=O)O)[C@@H]1CC[C@@]2(C)CC[C@H](O)C(C)=C2C1. The van der Waals surface area contributed by atoms with Crippen LogP contribution in [0, 0.1) is 11.3 Å². The highest BCUT2D eigenvalue weighted by molar-refractivity contribution is 5.86. The van der Waals surface area contributed by atoms with Crippen molar-refractivity contribution in [2.45, 2.75) is 52.1 Å². The van der Waals surface area contributed by atoms with Crippen molar-refractivity contribution in [3.05, 3.63) is 23.3 Å². The van der Waals surface area contributed by atoms with Crippen LogP contribution >= 0.6 is 0 Å². The van der Waals surface area contributed by atoms with Crippen LogP contribution in [-0.4, -0.2) is 22.3 Å². The maximum absolute atomic E-state index is 11.0. The number of aliphatic hydroxyl groups is 1. The normalized spacial score (nSPS) is 36.2. The maximum Gasteiger partial charge on any atom is 0.331 e. The highest BCUT2D eigenvalue weighted by atomic mass is 16.4. The minimum atomic E-state index is -0.891. The molecule has 0 aromatic heterocycles. The van der Waals surface area contributed by atoms with Crippen molar-refractivity contribution in [2.24, 2.45) is 11.3 Å². The molecule has 0 heterocycles. The van der Waals surface area contributed by atoms with E-state index in [1.807, 2.05) is 6.92 Å². The Balaban J connectivity index is 2.27. The molecule has 3 atom stereocenters. The summed E-state index contributed by atoms with van der Waals surface area (Å²) in [6.45, 7) is 7.93. The Morgan fingerprint density at radius 3 is 2.61 bits per heavy atom. The van der Waals surface area contributed by atoms with Crippen molar-refractivity contribution in [3.63, 3.8) is 0 Å². The summed E-state index contributed by atoms with van der Waals surface area (Å²) >= 11 is 0. The van der Waals surface area contributed by atoms with Crippen molar-refractivity contribution < 1.29 is 15.0 Å². The lowest BCUT2D eigenvalue weighted by atomic mass is 9.60. The van der Waals surface area contributed by atoms with Crippen LogP contribution in [0.4, 0.5) is 0 Å². The second-order valence-electron chi connectivity index (χ2n) is 6.05. The Bertz CT molecular complexity index is 421. The highest BCUT2D eigenvalue weighted by Crippen LogP contribution is 2.52. The smallest absolute Gasteiger partial charge is 0.331 e. The minimum absolute atomic E-state index is 0.0332. The Kier molecular flexibility index (Phi) is 3.37. The molecule has 0 unspecified atom stereocenters. The minimum Gasteiger partial charge on any atom is -0.478 e. The Morgan fingerprint density at radius 1 is 1.39 bits per heavy atom. The molecule has 0 aromatic carbocycles. The van der Waals surface area contributed by atoms with Crippen molar-refractivity contribution in [2.75, 3.05) is 0 Å². The summed E-state index contributed by atoms with van der Waals surface area (Å²) in [6, 6.07) is 0. The molecular formula is C15H22O3. The first-order valence-corrected chi connectivity index (χ1v) is 6.65. The molecule has 0 radical (unpaired) electrons. The number of fused-ring (bicyclic) bond motifs is 1. The van der Waals surface area contributed by atoms with Gasteiger partial charge in [-0.2, -0.15) is 0 Å². The van der Waals surface area contributed by atoms with E-state index < -0.39 is 5.97 Å². The molecule has 18 heavy (non-hydrogen) atoms. The Morgan fingerprint density at radius 2 is 2.00 bits per heavy atom. The molecule has 0 aliphatic heterocycles. The van der Waals surface area contributed by atoms with E-state index in [1.54, 1.807) is 0 Å². The monoisotopic (exact) mass is 250 g/mol. The molecule has 0 spiro atoms. The molecule has 2 aliphatic rings. The molecule has 0 aromatic rings. The van der Waals surface area contributed by atoms with Gasteiger partial charge in [-0.3, -0.25) is 0 Å². The fourth-order valence-electron chi connectivity index (χ4n) is 3.50. The number of carboxylic acid groups (broad SMARTS) is 1. The van der Waals surface area contributed by atoms with E-state index in [4.69, 9.17) is 5.11 Å². The summed E-state index contributed by atoms with van der Waals surface area (Å²) in [5.74, 6) is -0.857. The molecule has 3 nitrogen and oxygen atoms in total. The zero-order valence-electron chi connectivity index (χ0n) is 11.2. The van der Waals surface area contributed by atoms with Crippen molar-refractivity contribution >= 4 is 5.97 Å². The first kappa shape index (κ1) is 13.3. The lowest BCUT2D eigenvalue weighted by Gasteiger charge is -2.45. The number of hydrogen-bond acceptors (Lipinski definition) is 2. The van der Waals surface area contributed by atoms with Crippen molar-refractivity contribution in [3.8, 4) is 0 Å². The van der Waals surface area contributed by atoms with E-state index in [9.17, 15) is 9.90 Å². The van der Waals surface area contributed by atoms with Crippen LogP contribution in [0.5, 0.6) is 0 Å². The predicted molar refractivity (Wildman–Crippen MR) is 70.2 cm³/mol.